The second-order valence-electron chi connectivity index (χ2n) is 6.90. The molecule has 1 aromatic heterocycles. The van der Waals surface area contributed by atoms with Gasteiger partial charge in [0.25, 0.3) is 5.91 Å². The van der Waals surface area contributed by atoms with Crippen LogP contribution in [0.25, 0.3) is 0 Å². The first-order chi connectivity index (χ1) is 12.5. The van der Waals surface area contributed by atoms with E-state index in [1.807, 2.05) is 49.7 Å². The Kier molecular flexibility index (Phi) is 7.62. The van der Waals surface area contributed by atoms with Crippen LogP contribution in [0.2, 0.25) is 0 Å². The van der Waals surface area contributed by atoms with Gasteiger partial charge in [-0.25, -0.2) is 4.68 Å². The monoisotopic (exact) mass is 393 g/mol. The van der Waals surface area contributed by atoms with Crippen LogP contribution in [0.4, 0.5) is 0 Å². The van der Waals surface area contributed by atoms with Crippen LogP contribution in [0.3, 0.4) is 0 Å². The maximum Gasteiger partial charge on any atom is 0.273 e. The number of ether oxygens (including phenoxy) is 1. The molecule has 1 atom stereocenters. The third kappa shape index (κ3) is 5.43. The number of nitrogens with one attached hydrogen (secondary N) is 2. The number of nitrogens with zero attached hydrogens (tertiary/aromatic N) is 3. The van der Waals surface area contributed by atoms with Gasteiger partial charge in [0.1, 0.15) is 11.9 Å². The molecule has 0 bridgehead atoms. The predicted molar refractivity (Wildman–Crippen MR) is 107 cm³/mol. The molecule has 2 N–H and O–H groups in total. The number of hydrogen-bond donors (Lipinski definition) is 2. The molecule has 1 unspecified atom stereocenters. The number of aryl methyl sites for hydroxylation is 1. The Labute approximate surface area is 166 Å². The fraction of sp³-hybridized carbons (Fsp3) is 0.526. The van der Waals surface area contributed by atoms with Gasteiger partial charge in [-0.2, -0.15) is 0 Å². The second-order valence-corrected chi connectivity index (χ2v) is 6.90. The molecule has 0 spiro atoms. The van der Waals surface area contributed by atoms with Crippen molar-refractivity contribution in [1.29, 1.82) is 0 Å². The molecular formula is C19H28ClN5O2. The van der Waals surface area contributed by atoms with Gasteiger partial charge in [-0.3, -0.25) is 4.79 Å². The summed E-state index contributed by atoms with van der Waals surface area (Å²) < 4.78 is 7.71. The van der Waals surface area contributed by atoms with Crippen molar-refractivity contribution in [1.82, 2.24) is 25.6 Å². The molecule has 1 fully saturated rings. The number of aromatic nitrogens is 3. The van der Waals surface area contributed by atoms with E-state index in [1.54, 1.807) is 0 Å². The molecule has 2 heterocycles. The molecule has 1 saturated heterocycles. The summed E-state index contributed by atoms with van der Waals surface area (Å²) in [5, 5.41) is 14.5. The van der Waals surface area contributed by atoms with Crippen molar-refractivity contribution in [3.8, 4) is 5.75 Å². The highest BCUT2D eigenvalue weighted by Crippen LogP contribution is 2.20. The molecule has 0 aliphatic carbocycles. The van der Waals surface area contributed by atoms with E-state index in [0.717, 1.165) is 37.4 Å². The smallest absolute Gasteiger partial charge is 0.273 e. The summed E-state index contributed by atoms with van der Waals surface area (Å²) in [4.78, 5) is 12.5. The lowest BCUT2D eigenvalue weighted by atomic mass is 10.1. The number of carbonyl (C=O) groups is 1. The molecular weight excluding hydrogens is 366 g/mol. The minimum atomic E-state index is -0.206. The normalized spacial score (nSPS) is 15.7. The largest absolute Gasteiger partial charge is 0.489 e. The first-order valence-corrected chi connectivity index (χ1v) is 9.18. The molecule has 8 heteroatoms. The zero-order valence-electron chi connectivity index (χ0n) is 16.1. The molecule has 1 aliphatic heterocycles. The van der Waals surface area contributed by atoms with Gasteiger partial charge >= 0.3 is 0 Å². The number of benzene rings is 1. The lowest BCUT2D eigenvalue weighted by molar-refractivity contribution is 0.0926. The Morgan fingerprint density at radius 3 is 2.63 bits per heavy atom. The van der Waals surface area contributed by atoms with Crippen LogP contribution in [-0.2, 0) is 0 Å². The van der Waals surface area contributed by atoms with Gasteiger partial charge in [0.2, 0.25) is 0 Å². The molecule has 2 aromatic rings. The Balaban J connectivity index is 0.00000261. The third-order valence-electron chi connectivity index (χ3n) is 4.71. The van der Waals surface area contributed by atoms with E-state index >= 15 is 0 Å². The topological polar surface area (TPSA) is 81.1 Å². The molecule has 1 aliphatic rings. The first kappa shape index (κ1) is 21.2. The van der Waals surface area contributed by atoms with Crippen molar-refractivity contribution in [2.45, 2.75) is 45.8 Å². The summed E-state index contributed by atoms with van der Waals surface area (Å²) in [6.07, 6.45) is 1.88. The molecule has 148 valence electrons. The van der Waals surface area contributed by atoms with E-state index < -0.39 is 0 Å². The van der Waals surface area contributed by atoms with Crippen molar-refractivity contribution < 1.29 is 9.53 Å². The minimum absolute atomic E-state index is 0. The standard InChI is InChI=1S/C19H27N5O2.ClH/c1-13-4-6-17(7-5-13)26-14(2)12-21-19(25)18-15(3)24(23-22-18)16-8-10-20-11-9-16;/h4-7,14,16,20H,8-12H2,1-3H3,(H,21,25);1H. The summed E-state index contributed by atoms with van der Waals surface area (Å²) >= 11 is 0. The highest BCUT2D eigenvalue weighted by molar-refractivity contribution is 5.93. The highest BCUT2D eigenvalue weighted by atomic mass is 35.5. The van der Waals surface area contributed by atoms with E-state index in [4.69, 9.17) is 4.74 Å². The lowest BCUT2D eigenvalue weighted by Crippen LogP contribution is -2.34. The zero-order chi connectivity index (χ0) is 18.5. The molecule has 0 saturated carbocycles. The first-order valence-electron chi connectivity index (χ1n) is 9.18. The Morgan fingerprint density at radius 2 is 1.96 bits per heavy atom. The maximum absolute atomic E-state index is 12.5. The van der Waals surface area contributed by atoms with Crippen LogP contribution < -0.4 is 15.4 Å². The van der Waals surface area contributed by atoms with Crippen LogP contribution >= 0.6 is 12.4 Å². The van der Waals surface area contributed by atoms with E-state index in [1.165, 1.54) is 5.56 Å². The molecule has 1 amide bonds. The molecule has 27 heavy (non-hydrogen) atoms. The number of halogens is 1. The lowest BCUT2D eigenvalue weighted by Gasteiger charge is -2.23. The quantitative estimate of drug-likeness (QED) is 0.787. The fourth-order valence-electron chi connectivity index (χ4n) is 3.16. The van der Waals surface area contributed by atoms with E-state index in [-0.39, 0.29) is 24.4 Å². The number of rotatable bonds is 6. The van der Waals surface area contributed by atoms with Crippen molar-refractivity contribution >= 4 is 18.3 Å². The fourth-order valence-corrected chi connectivity index (χ4v) is 3.16. The van der Waals surface area contributed by atoms with Crippen LogP contribution in [0.1, 0.15) is 47.6 Å². The number of hydrogen-bond acceptors (Lipinski definition) is 5. The third-order valence-corrected chi connectivity index (χ3v) is 4.71. The van der Waals surface area contributed by atoms with E-state index in [2.05, 4.69) is 20.9 Å². The second kappa shape index (κ2) is 9.71. The van der Waals surface area contributed by atoms with Gasteiger partial charge in [0.05, 0.1) is 18.3 Å². The van der Waals surface area contributed by atoms with Gasteiger partial charge < -0.3 is 15.4 Å². The average Bonchev–Trinajstić information content (AvgIpc) is 3.04. The van der Waals surface area contributed by atoms with Crippen molar-refractivity contribution in [3.05, 3.63) is 41.2 Å². The molecule has 0 radical (unpaired) electrons. The van der Waals surface area contributed by atoms with Crippen LogP contribution in [0.5, 0.6) is 5.75 Å². The Bertz CT molecular complexity index is 741. The number of piperidine rings is 1. The van der Waals surface area contributed by atoms with Gasteiger partial charge in [0.15, 0.2) is 5.69 Å². The Hall–Kier alpha value is -2.12. The van der Waals surface area contributed by atoms with Crippen LogP contribution in [-0.4, -0.2) is 46.6 Å². The van der Waals surface area contributed by atoms with E-state index in [9.17, 15) is 4.79 Å². The molecule has 1 aromatic carbocycles. The summed E-state index contributed by atoms with van der Waals surface area (Å²) in [5.74, 6) is 0.590. The maximum atomic E-state index is 12.5. The van der Waals surface area contributed by atoms with Crippen molar-refractivity contribution in [3.63, 3.8) is 0 Å². The predicted octanol–water partition coefficient (Wildman–Crippen LogP) is 2.44. The summed E-state index contributed by atoms with van der Waals surface area (Å²) in [6.45, 7) is 8.22. The Morgan fingerprint density at radius 1 is 1.30 bits per heavy atom. The molecule has 3 rings (SSSR count). The highest BCUT2D eigenvalue weighted by Gasteiger charge is 2.23. The van der Waals surface area contributed by atoms with Crippen LogP contribution in [0.15, 0.2) is 24.3 Å². The van der Waals surface area contributed by atoms with Gasteiger partial charge in [-0.1, -0.05) is 22.9 Å². The average molecular weight is 394 g/mol. The summed E-state index contributed by atoms with van der Waals surface area (Å²) in [6, 6.07) is 8.19. The van der Waals surface area contributed by atoms with Crippen molar-refractivity contribution in [2.24, 2.45) is 0 Å². The van der Waals surface area contributed by atoms with Gasteiger partial charge in [-0.15, -0.1) is 17.5 Å². The van der Waals surface area contributed by atoms with Gasteiger partial charge in [-0.05, 0) is 58.8 Å². The number of carbonyl (C=O) groups excluding carboxylic acids is 1. The van der Waals surface area contributed by atoms with Crippen molar-refractivity contribution in [2.75, 3.05) is 19.6 Å². The summed E-state index contributed by atoms with van der Waals surface area (Å²) in [7, 11) is 0. The minimum Gasteiger partial charge on any atom is -0.489 e. The molecule has 7 nitrogen and oxygen atoms in total. The van der Waals surface area contributed by atoms with Crippen LogP contribution in [0, 0.1) is 13.8 Å². The van der Waals surface area contributed by atoms with E-state index in [0.29, 0.717) is 18.3 Å². The van der Waals surface area contributed by atoms with Gasteiger partial charge in [0, 0.05) is 0 Å². The zero-order valence-corrected chi connectivity index (χ0v) is 16.9. The summed E-state index contributed by atoms with van der Waals surface area (Å²) in [5.41, 5.74) is 2.40. The SMILES string of the molecule is Cc1ccc(OC(C)CNC(=O)c2nnn(C3CCNCC3)c2C)cc1.Cl. The number of amides is 1.